The van der Waals surface area contributed by atoms with Gasteiger partial charge in [-0.15, -0.1) is 0 Å². The maximum absolute atomic E-state index is 14.4. The first-order valence-electron chi connectivity index (χ1n) is 12.5. The van der Waals surface area contributed by atoms with Gasteiger partial charge in [0.25, 0.3) is 0 Å². The largest absolute Gasteiger partial charge is 0.343 e. The van der Waals surface area contributed by atoms with E-state index in [2.05, 4.69) is 19.2 Å². The molecule has 2 saturated heterocycles. The molecule has 2 aromatic rings. The van der Waals surface area contributed by atoms with Gasteiger partial charge in [-0.2, -0.15) is 0 Å². The summed E-state index contributed by atoms with van der Waals surface area (Å²) in [6.45, 7) is 4.70. The van der Waals surface area contributed by atoms with E-state index >= 15 is 0 Å². The van der Waals surface area contributed by atoms with Crippen molar-refractivity contribution in [2.45, 2.75) is 57.3 Å². The summed E-state index contributed by atoms with van der Waals surface area (Å²) in [4.78, 5) is 27.5. The van der Waals surface area contributed by atoms with E-state index in [0.717, 1.165) is 28.9 Å². The van der Waals surface area contributed by atoms with Crippen LogP contribution in [0.4, 0.5) is 4.39 Å². The Bertz CT molecular complexity index is 1170. The van der Waals surface area contributed by atoms with Crippen molar-refractivity contribution in [3.63, 3.8) is 0 Å². The van der Waals surface area contributed by atoms with Crippen LogP contribution >= 0.6 is 0 Å². The molecule has 7 nitrogen and oxygen atoms in total. The van der Waals surface area contributed by atoms with Gasteiger partial charge >= 0.3 is 0 Å². The predicted octanol–water partition coefficient (Wildman–Crippen LogP) is 3.38. The minimum atomic E-state index is -3.80. The molecule has 0 unspecified atom stereocenters. The van der Waals surface area contributed by atoms with Gasteiger partial charge in [-0.3, -0.25) is 9.59 Å². The van der Waals surface area contributed by atoms with Crippen molar-refractivity contribution in [1.29, 1.82) is 0 Å². The van der Waals surface area contributed by atoms with E-state index < -0.39 is 45.8 Å². The van der Waals surface area contributed by atoms with Crippen molar-refractivity contribution < 1.29 is 22.4 Å². The lowest BCUT2D eigenvalue weighted by atomic mass is 9.95. The van der Waals surface area contributed by atoms with Crippen LogP contribution in [0, 0.1) is 0 Å². The van der Waals surface area contributed by atoms with E-state index in [9.17, 15) is 22.4 Å². The van der Waals surface area contributed by atoms with Crippen LogP contribution in [0.5, 0.6) is 0 Å². The van der Waals surface area contributed by atoms with E-state index in [-0.39, 0.29) is 13.0 Å². The van der Waals surface area contributed by atoms with Gasteiger partial charge in [0.15, 0.2) is 0 Å². The number of carbonyl (C=O) groups excluding carboxylic acids is 2. The van der Waals surface area contributed by atoms with Crippen LogP contribution in [0.3, 0.4) is 0 Å². The summed E-state index contributed by atoms with van der Waals surface area (Å²) in [6.07, 6.45) is -0.0314. The highest BCUT2D eigenvalue weighted by molar-refractivity contribution is 7.89. The molecular formula is C27H34FN3O4S. The zero-order chi connectivity index (χ0) is 25.9. The first-order valence-corrected chi connectivity index (χ1v) is 14.1. The molecule has 0 aromatic heterocycles. The van der Waals surface area contributed by atoms with Gasteiger partial charge in [-0.1, -0.05) is 68.4 Å². The number of hydrogen-bond donors (Lipinski definition) is 1. The molecule has 3 atom stereocenters. The lowest BCUT2D eigenvalue weighted by molar-refractivity contribution is -0.136. The number of hydrogen-bond acceptors (Lipinski definition) is 4. The van der Waals surface area contributed by atoms with Gasteiger partial charge < -0.3 is 10.2 Å². The normalized spacial score (nSPS) is 21.6. The van der Waals surface area contributed by atoms with E-state index in [4.69, 9.17) is 0 Å². The Morgan fingerprint density at radius 1 is 0.972 bits per heavy atom. The summed E-state index contributed by atoms with van der Waals surface area (Å²) in [5, 5.41) is 3.00. The quantitative estimate of drug-likeness (QED) is 0.584. The molecular weight excluding hydrogens is 481 g/mol. The van der Waals surface area contributed by atoms with E-state index in [1.807, 2.05) is 54.6 Å². The topological polar surface area (TPSA) is 86.8 Å². The van der Waals surface area contributed by atoms with Crippen LogP contribution in [0.2, 0.25) is 0 Å². The van der Waals surface area contributed by atoms with Crippen LogP contribution in [-0.2, 0) is 19.6 Å². The van der Waals surface area contributed by atoms with E-state index in [0.29, 0.717) is 19.0 Å². The second-order valence-corrected chi connectivity index (χ2v) is 11.9. The van der Waals surface area contributed by atoms with Crippen molar-refractivity contribution >= 4 is 21.8 Å². The van der Waals surface area contributed by atoms with Gasteiger partial charge in [-0.25, -0.2) is 17.1 Å². The molecule has 0 spiro atoms. The molecule has 4 rings (SSSR count). The Kier molecular flexibility index (Phi) is 8.10. The third kappa shape index (κ3) is 5.95. The van der Waals surface area contributed by atoms with Crippen molar-refractivity contribution in [1.82, 2.24) is 14.5 Å². The first-order chi connectivity index (χ1) is 17.2. The Morgan fingerprint density at radius 2 is 1.56 bits per heavy atom. The second kappa shape index (κ2) is 11.1. The molecule has 2 aliphatic heterocycles. The average molecular weight is 516 g/mol. The molecule has 2 fully saturated rings. The highest BCUT2D eigenvalue weighted by Crippen LogP contribution is 2.27. The molecule has 0 radical (unpaired) electrons. The number of nitrogens with one attached hydrogen (secondary N) is 1. The minimum Gasteiger partial charge on any atom is -0.343 e. The fraction of sp³-hybridized carbons (Fsp3) is 0.481. The number of alkyl halides is 1. The summed E-state index contributed by atoms with van der Waals surface area (Å²) in [7, 11) is -3.80. The van der Waals surface area contributed by atoms with Crippen LogP contribution in [0.25, 0.3) is 0 Å². The summed E-state index contributed by atoms with van der Waals surface area (Å²) >= 11 is 0. The molecule has 1 N–H and O–H groups in total. The van der Waals surface area contributed by atoms with Crippen molar-refractivity contribution in [3.8, 4) is 0 Å². The molecule has 36 heavy (non-hydrogen) atoms. The molecule has 2 aliphatic rings. The lowest BCUT2D eigenvalue weighted by Crippen LogP contribution is -2.49. The Balaban J connectivity index is 1.54. The first kappa shape index (κ1) is 26.3. The summed E-state index contributed by atoms with van der Waals surface area (Å²) < 4.78 is 41.1. The highest BCUT2D eigenvalue weighted by Gasteiger charge is 2.42. The molecule has 2 aromatic carbocycles. The number of rotatable bonds is 8. The Labute approximate surface area is 212 Å². The smallest absolute Gasteiger partial charge is 0.243 e. The van der Waals surface area contributed by atoms with Gasteiger partial charge in [0.05, 0.1) is 12.6 Å². The molecule has 2 heterocycles. The summed E-state index contributed by atoms with van der Waals surface area (Å²) in [5.41, 5.74) is 2.89. The van der Waals surface area contributed by atoms with Gasteiger partial charge in [0.1, 0.15) is 18.0 Å². The number of nitrogens with zero attached hydrogens (tertiary/aromatic N) is 2. The minimum absolute atomic E-state index is 0.158. The molecule has 2 amide bonds. The number of halogens is 1. The highest BCUT2D eigenvalue weighted by atomic mass is 32.2. The lowest BCUT2D eigenvalue weighted by Gasteiger charge is -2.27. The monoisotopic (exact) mass is 515 g/mol. The molecule has 9 heteroatoms. The predicted molar refractivity (Wildman–Crippen MR) is 137 cm³/mol. The maximum atomic E-state index is 14.4. The SMILES string of the molecule is CC(C)c1ccc([C@@H](NC(=O)[C@@H]2C[C@@H](F)CN2C(=O)CS(=O)(=O)N2CCCC2)c2ccccc2)cc1. The number of amides is 2. The molecule has 0 bridgehead atoms. The molecule has 194 valence electrons. The van der Waals surface area contributed by atoms with Gasteiger partial charge in [0.2, 0.25) is 21.8 Å². The fourth-order valence-electron chi connectivity index (χ4n) is 4.92. The third-order valence-corrected chi connectivity index (χ3v) is 8.76. The van der Waals surface area contributed by atoms with E-state index in [1.54, 1.807) is 0 Å². The standard InChI is InChI=1S/C27H34FN3O4S/c1-19(2)20-10-12-22(13-11-20)26(21-8-4-3-5-9-21)29-27(33)24-16-23(28)17-31(24)25(32)18-36(34,35)30-14-6-7-15-30/h3-5,8-13,19,23-24,26H,6-7,14-18H2,1-2H3,(H,29,33)/t23-,24+,26+/m1/s1. The molecule has 0 saturated carbocycles. The summed E-state index contributed by atoms with van der Waals surface area (Å²) in [5.74, 6) is -1.62. The zero-order valence-electron chi connectivity index (χ0n) is 20.8. The fourth-order valence-corrected chi connectivity index (χ4v) is 6.40. The number of sulfonamides is 1. The molecule has 0 aliphatic carbocycles. The van der Waals surface area contributed by atoms with Crippen LogP contribution < -0.4 is 5.32 Å². The average Bonchev–Trinajstić information content (AvgIpc) is 3.54. The third-order valence-electron chi connectivity index (χ3n) is 6.99. The Morgan fingerprint density at radius 3 is 2.17 bits per heavy atom. The second-order valence-electron chi connectivity index (χ2n) is 9.93. The van der Waals surface area contributed by atoms with Gasteiger partial charge in [-0.05, 0) is 35.4 Å². The van der Waals surface area contributed by atoms with Crippen molar-refractivity contribution in [2.24, 2.45) is 0 Å². The number of carbonyl (C=O) groups is 2. The van der Waals surface area contributed by atoms with Crippen LogP contribution in [0.15, 0.2) is 54.6 Å². The number of benzene rings is 2. The summed E-state index contributed by atoms with van der Waals surface area (Å²) in [6, 6.07) is 15.9. The van der Waals surface area contributed by atoms with Gasteiger partial charge in [0, 0.05) is 19.5 Å². The maximum Gasteiger partial charge on any atom is 0.243 e. The van der Waals surface area contributed by atoms with Crippen LogP contribution in [0.1, 0.15) is 61.8 Å². The van der Waals surface area contributed by atoms with E-state index in [1.165, 1.54) is 9.87 Å². The van der Waals surface area contributed by atoms with Crippen molar-refractivity contribution in [3.05, 3.63) is 71.3 Å². The van der Waals surface area contributed by atoms with Crippen LogP contribution in [-0.4, -0.2) is 67.0 Å². The zero-order valence-corrected chi connectivity index (χ0v) is 21.6. The number of likely N-dealkylation sites (tertiary alicyclic amines) is 1. The van der Waals surface area contributed by atoms with Crippen molar-refractivity contribution in [2.75, 3.05) is 25.4 Å². The Hall–Kier alpha value is -2.78.